The minimum absolute atomic E-state index is 0.222. The molecule has 1 amide bonds. The summed E-state index contributed by atoms with van der Waals surface area (Å²) in [7, 11) is -1.97. The smallest absolute Gasteiger partial charge is 0.253 e. The van der Waals surface area contributed by atoms with Crippen LogP contribution in [0.2, 0.25) is 0 Å². The van der Waals surface area contributed by atoms with Gasteiger partial charge in [0, 0.05) is 25.7 Å². The molecule has 2 aromatic rings. The molecule has 1 fully saturated rings. The van der Waals surface area contributed by atoms with Gasteiger partial charge in [-0.3, -0.25) is 4.79 Å². The Bertz CT molecular complexity index is 1140. The van der Waals surface area contributed by atoms with Crippen LogP contribution in [-0.4, -0.2) is 62.9 Å². The topological polar surface area (TPSA) is 76.1 Å². The number of carbonyl (C=O) groups is 1. The van der Waals surface area contributed by atoms with Gasteiger partial charge in [0.2, 0.25) is 10.0 Å². The number of rotatable bonds is 5. The number of piperidine rings is 1. The van der Waals surface area contributed by atoms with Gasteiger partial charge >= 0.3 is 0 Å². The van der Waals surface area contributed by atoms with E-state index in [1.54, 1.807) is 29.2 Å². The van der Waals surface area contributed by atoms with Crippen LogP contribution in [0.4, 0.5) is 0 Å². The Balaban J connectivity index is 1.53. The van der Waals surface area contributed by atoms with E-state index >= 15 is 0 Å². The van der Waals surface area contributed by atoms with Crippen molar-refractivity contribution < 1.29 is 22.7 Å². The van der Waals surface area contributed by atoms with E-state index in [-0.39, 0.29) is 16.9 Å². The summed E-state index contributed by atoms with van der Waals surface area (Å²) in [6.07, 6.45) is 1.40. The molecule has 1 saturated heterocycles. The van der Waals surface area contributed by atoms with E-state index in [2.05, 4.69) is 6.92 Å². The van der Waals surface area contributed by atoms with Gasteiger partial charge < -0.3 is 14.4 Å². The van der Waals surface area contributed by atoms with E-state index in [0.717, 1.165) is 18.4 Å². The van der Waals surface area contributed by atoms with Gasteiger partial charge in [0.15, 0.2) is 17.6 Å². The largest absolute Gasteiger partial charge is 0.486 e. The first kappa shape index (κ1) is 23.6. The number of amides is 1. The lowest BCUT2D eigenvalue weighted by Gasteiger charge is -2.31. The van der Waals surface area contributed by atoms with E-state index in [1.807, 2.05) is 31.2 Å². The van der Waals surface area contributed by atoms with Crippen molar-refractivity contribution in [2.75, 3.05) is 33.3 Å². The number of ether oxygens (including phenoxy) is 2. The highest BCUT2D eigenvalue weighted by Crippen LogP contribution is 2.31. The maximum atomic E-state index is 13.4. The van der Waals surface area contributed by atoms with E-state index in [4.69, 9.17) is 9.47 Å². The van der Waals surface area contributed by atoms with Crippen molar-refractivity contribution in [1.29, 1.82) is 0 Å². The van der Waals surface area contributed by atoms with Gasteiger partial charge in [-0.05, 0) is 68.0 Å². The summed E-state index contributed by atoms with van der Waals surface area (Å²) < 4.78 is 40.1. The highest BCUT2D eigenvalue weighted by Gasteiger charge is 2.31. The minimum Gasteiger partial charge on any atom is -0.486 e. The van der Waals surface area contributed by atoms with Crippen molar-refractivity contribution >= 4 is 15.9 Å². The van der Waals surface area contributed by atoms with Gasteiger partial charge in [0.1, 0.15) is 6.61 Å². The van der Waals surface area contributed by atoms with Gasteiger partial charge in [-0.15, -0.1) is 0 Å². The van der Waals surface area contributed by atoms with Gasteiger partial charge in [-0.25, -0.2) is 8.42 Å². The Kier molecular flexibility index (Phi) is 6.68. The van der Waals surface area contributed by atoms with E-state index < -0.39 is 10.0 Å². The van der Waals surface area contributed by atoms with Gasteiger partial charge in [-0.2, -0.15) is 4.31 Å². The van der Waals surface area contributed by atoms with Crippen LogP contribution < -0.4 is 9.47 Å². The summed E-state index contributed by atoms with van der Waals surface area (Å²) in [5.74, 6) is 1.63. The minimum atomic E-state index is -3.66. The van der Waals surface area contributed by atoms with Crippen molar-refractivity contribution in [3.05, 3.63) is 53.1 Å². The van der Waals surface area contributed by atoms with Crippen molar-refractivity contribution in [3.63, 3.8) is 0 Å². The van der Waals surface area contributed by atoms with Crippen LogP contribution in [0.15, 0.2) is 41.3 Å². The molecule has 0 radical (unpaired) electrons. The molecule has 7 nitrogen and oxygen atoms in total. The number of benzene rings is 2. The molecule has 0 unspecified atom stereocenters. The number of likely N-dealkylation sites (N-methyl/N-ethyl adjacent to an activating group) is 1. The molecule has 33 heavy (non-hydrogen) atoms. The molecule has 0 saturated carbocycles. The van der Waals surface area contributed by atoms with Crippen LogP contribution in [0.25, 0.3) is 0 Å². The number of nitrogens with zero attached hydrogens (tertiary/aromatic N) is 2. The zero-order valence-electron chi connectivity index (χ0n) is 19.7. The van der Waals surface area contributed by atoms with E-state index in [9.17, 15) is 13.2 Å². The second-order valence-electron chi connectivity index (χ2n) is 9.19. The molecule has 0 aliphatic carbocycles. The second kappa shape index (κ2) is 9.35. The fourth-order valence-corrected chi connectivity index (χ4v) is 6.14. The molecular weight excluding hydrogens is 440 g/mol. The van der Waals surface area contributed by atoms with Crippen LogP contribution in [0, 0.1) is 19.8 Å². The second-order valence-corrected chi connectivity index (χ2v) is 11.1. The number of carbonyl (C=O) groups excluding carboxylic acids is 1. The van der Waals surface area contributed by atoms with Crippen molar-refractivity contribution in [2.24, 2.45) is 5.92 Å². The lowest BCUT2D eigenvalue weighted by atomic mass is 10.0. The number of sulfonamides is 1. The van der Waals surface area contributed by atoms with E-state index in [0.29, 0.717) is 54.8 Å². The first-order valence-electron chi connectivity index (χ1n) is 11.4. The zero-order valence-corrected chi connectivity index (χ0v) is 20.5. The van der Waals surface area contributed by atoms with Crippen LogP contribution in [0.1, 0.15) is 41.3 Å². The fourth-order valence-electron chi connectivity index (χ4n) is 4.34. The molecule has 0 aromatic heterocycles. The van der Waals surface area contributed by atoms with E-state index in [1.165, 1.54) is 6.07 Å². The number of hydrogen-bond acceptors (Lipinski definition) is 5. The molecule has 2 aromatic carbocycles. The Hall–Kier alpha value is -2.58. The predicted octanol–water partition coefficient (Wildman–Crippen LogP) is 3.64. The monoisotopic (exact) mass is 472 g/mol. The summed E-state index contributed by atoms with van der Waals surface area (Å²) in [5.41, 5.74) is 1.83. The molecule has 0 spiro atoms. The normalized spacial score (nSPS) is 19.3. The molecule has 2 aliphatic rings. The maximum absolute atomic E-state index is 13.4. The van der Waals surface area contributed by atoms with Gasteiger partial charge in [0.25, 0.3) is 5.91 Å². The number of aryl methyl sites for hydroxylation is 1. The molecule has 4 rings (SSSR count). The molecular formula is C25H32N2O5S. The Morgan fingerprint density at radius 3 is 2.48 bits per heavy atom. The van der Waals surface area contributed by atoms with Crippen LogP contribution in [0.3, 0.4) is 0 Å². The third-order valence-electron chi connectivity index (χ3n) is 6.62. The lowest BCUT2D eigenvalue weighted by molar-refractivity contribution is 0.0520. The summed E-state index contributed by atoms with van der Waals surface area (Å²) >= 11 is 0. The number of hydrogen-bond donors (Lipinski definition) is 0. The SMILES string of the molecule is Cc1cc(C(=O)N(C)C[C@H]2COc3ccccc3O2)cc(S(=O)(=O)N2CCC(C)CC2)c1C. The van der Waals surface area contributed by atoms with Crippen LogP contribution in [0.5, 0.6) is 11.5 Å². The van der Waals surface area contributed by atoms with Crippen molar-refractivity contribution in [1.82, 2.24) is 9.21 Å². The average Bonchev–Trinajstić information content (AvgIpc) is 2.80. The third kappa shape index (κ3) is 4.87. The highest BCUT2D eigenvalue weighted by atomic mass is 32.2. The van der Waals surface area contributed by atoms with Crippen molar-refractivity contribution in [2.45, 2.75) is 44.6 Å². The molecule has 0 bridgehead atoms. The molecule has 2 heterocycles. The Labute approximate surface area is 196 Å². The van der Waals surface area contributed by atoms with Crippen LogP contribution >= 0.6 is 0 Å². The quantitative estimate of drug-likeness (QED) is 0.664. The third-order valence-corrected chi connectivity index (χ3v) is 8.64. The van der Waals surface area contributed by atoms with Crippen LogP contribution in [-0.2, 0) is 10.0 Å². The zero-order chi connectivity index (χ0) is 23.8. The highest BCUT2D eigenvalue weighted by molar-refractivity contribution is 7.89. The predicted molar refractivity (Wildman–Crippen MR) is 126 cm³/mol. The number of para-hydroxylation sites is 2. The summed E-state index contributed by atoms with van der Waals surface area (Å²) in [6.45, 7) is 7.49. The lowest BCUT2D eigenvalue weighted by Crippen LogP contribution is -2.42. The van der Waals surface area contributed by atoms with Gasteiger partial charge in [-0.1, -0.05) is 19.1 Å². The standard InChI is InChI=1S/C25H32N2O5S/c1-17-9-11-27(12-10-17)33(29,30)24-14-20(13-18(2)19(24)3)25(28)26(4)15-21-16-31-22-7-5-6-8-23(22)32-21/h5-8,13-14,17,21H,9-12,15-16H2,1-4H3/t21-/m0/s1. The Morgan fingerprint density at radius 1 is 1.12 bits per heavy atom. The first-order valence-corrected chi connectivity index (χ1v) is 12.9. The molecule has 178 valence electrons. The average molecular weight is 473 g/mol. The Morgan fingerprint density at radius 2 is 1.79 bits per heavy atom. The summed E-state index contributed by atoms with van der Waals surface area (Å²) in [5, 5.41) is 0. The molecule has 0 N–H and O–H groups in total. The number of fused-ring (bicyclic) bond motifs is 1. The van der Waals surface area contributed by atoms with Gasteiger partial charge in [0.05, 0.1) is 11.4 Å². The molecule has 8 heteroatoms. The first-order chi connectivity index (χ1) is 15.7. The summed E-state index contributed by atoms with van der Waals surface area (Å²) in [4.78, 5) is 15.0. The van der Waals surface area contributed by atoms with Crippen molar-refractivity contribution in [3.8, 4) is 11.5 Å². The maximum Gasteiger partial charge on any atom is 0.253 e. The fraction of sp³-hybridized carbons (Fsp3) is 0.480. The molecule has 2 aliphatic heterocycles. The molecule has 1 atom stereocenters. The summed E-state index contributed by atoms with van der Waals surface area (Å²) in [6, 6.07) is 10.7.